The second-order valence-electron chi connectivity index (χ2n) is 9.45. The Morgan fingerprint density at radius 3 is 2.07 bits per heavy atom. The molecule has 2 aromatic rings. The summed E-state index contributed by atoms with van der Waals surface area (Å²) in [4.78, 5) is 12.0. The summed E-state index contributed by atoms with van der Waals surface area (Å²) in [6.45, 7) is 2.26. The van der Waals surface area contributed by atoms with Gasteiger partial charge in [-0.05, 0) is 116 Å². The van der Waals surface area contributed by atoms with Gasteiger partial charge in [-0.2, -0.15) is 0 Å². The SMILES string of the molecule is Cc1ccc(C(=S)Sc2ccc(C(=O)O)cc2)cc1C12CC3CC(CC(C3)C1)C2. The molecular formula is C25H26O2S2. The molecule has 4 aliphatic rings. The Morgan fingerprint density at radius 1 is 0.966 bits per heavy atom. The van der Waals surface area contributed by atoms with Crippen LogP contribution in [0, 0.1) is 24.7 Å². The van der Waals surface area contributed by atoms with Crippen molar-refractivity contribution in [1.82, 2.24) is 0 Å². The van der Waals surface area contributed by atoms with Gasteiger partial charge in [0, 0.05) is 4.90 Å². The molecule has 4 bridgehead atoms. The second kappa shape index (κ2) is 7.24. The van der Waals surface area contributed by atoms with E-state index in [1.165, 1.54) is 44.1 Å². The Bertz CT molecular complexity index is 942. The van der Waals surface area contributed by atoms with Crippen molar-refractivity contribution in [2.75, 3.05) is 0 Å². The van der Waals surface area contributed by atoms with Crippen molar-refractivity contribution >= 4 is 34.1 Å². The molecule has 0 amide bonds. The molecule has 0 spiro atoms. The number of aryl methyl sites for hydroxylation is 1. The predicted octanol–water partition coefficient (Wildman–Crippen LogP) is 6.63. The largest absolute Gasteiger partial charge is 0.478 e. The van der Waals surface area contributed by atoms with Crippen molar-refractivity contribution < 1.29 is 9.90 Å². The van der Waals surface area contributed by atoms with E-state index in [0.717, 1.165) is 32.4 Å². The fraction of sp³-hybridized carbons (Fsp3) is 0.440. The predicted molar refractivity (Wildman–Crippen MR) is 122 cm³/mol. The molecule has 4 saturated carbocycles. The van der Waals surface area contributed by atoms with E-state index in [1.807, 2.05) is 12.1 Å². The Balaban J connectivity index is 1.41. The third-order valence-electron chi connectivity index (χ3n) is 7.39. The highest BCUT2D eigenvalue weighted by Crippen LogP contribution is 2.61. The summed E-state index contributed by atoms with van der Waals surface area (Å²) in [5.41, 5.74) is 4.76. The summed E-state index contributed by atoms with van der Waals surface area (Å²) in [6, 6.07) is 13.8. The van der Waals surface area contributed by atoms with E-state index >= 15 is 0 Å². The minimum Gasteiger partial charge on any atom is -0.478 e. The summed E-state index contributed by atoms with van der Waals surface area (Å²) < 4.78 is 0.860. The maximum absolute atomic E-state index is 11.1. The van der Waals surface area contributed by atoms with Crippen LogP contribution in [0.1, 0.15) is 65.6 Å². The van der Waals surface area contributed by atoms with E-state index in [9.17, 15) is 4.79 Å². The lowest BCUT2D eigenvalue weighted by Crippen LogP contribution is -2.48. The van der Waals surface area contributed by atoms with Gasteiger partial charge in [0.05, 0.1) is 9.76 Å². The van der Waals surface area contributed by atoms with Crippen molar-refractivity contribution in [1.29, 1.82) is 0 Å². The van der Waals surface area contributed by atoms with Crippen LogP contribution in [0.5, 0.6) is 0 Å². The van der Waals surface area contributed by atoms with Crippen LogP contribution in [0.4, 0.5) is 0 Å². The fourth-order valence-corrected chi connectivity index (χ4v) is 7.74. The molecule has 4 fully saturated rings. The number of thiocarbonyl (C=S) groups is 1. The first-order valence-corrected chi connectivity index (χ1v) is 11.8. The Morgan fingerprint density at radius 2 is 1.52 bits per heavy atom. The van der Waals surface area contributed by atoms with Gasteiger partial charge in [-0.15, -0.1) is 0 Å². The van der Waals surface area contributed by atoms with E-state index in [-0.39, 0.29) is 0 Å². The highest BCUT2D eigenvalue weighted by molar-refractivity contribution is 8.23. The van der Waals surface area contributed by atoms with Gasteiger partial charge in [-0.3, -0.25) is 0 Å². The molecular weight excluding hydrogens is 396 g/mol. The van der Waals surface area contributed by atoms with E-state index < -0.39 is 5.97 Å². The normalized spacial score (nSPS) is 29.8. The van der Waals surface area contributed by atoms with Gasteiger partial charge in [0.15, 0.2) is 0 Å². The molecule has 0 radical (unpaired) electrons. The number of aromatic carboxylic acids is 1. The molecule has 2 aromatic carbocycles. The average Bonchev–Trinajstić information content (AvgIpc) is 2.67. The zero-order chi connectivity index (χ0) is 20.2. The summed E-state index contributed by atoms with van der Waals surface area (Å²) in [5, 5.41) is 9.08. The molecule has 150 valence electrons. The van der Waals surface area contributed by atoms with Crippen LogP contribution in [0.25, 0.3) is 0 Å². The topological polar surface area (TPSA) is 37.3 Å². The number of hydrogen-bond acceptors (Lipinski definition) is 3. The number of carboxylic acids is 1. The van der Waals surface area contributed by atoms with Crippen molar-refractivity contribution in [2.45, 2.75) is 55.8 Å². The van der Waals surface area contributed by atoms with E-state index in [1.54, 1.807) is 29.5 Å². The summed E-state index contributed by atoms with van der Waals surface area (Å²) in [6.07, 6.45) is 8.45. The number of carboxylic acid groups (broad SMARTS) is 1. The Kier molecular flexibility index (Phi) is 4.83. The van der Waals surface area contributed by atoms with Crippen molar-refractivity contribution in [3.05, 3.63) is 64.7 Å². The lowest BCUT2D eigenvalue weighted by molar-refractivity contribution is -0.00546. The quantitative estimate of drug-likeness (QED) is 0.443. The second-order valence-corrected chi connectivity index (χ2v) is 11.2. The van der Waals surface area contributed by atoms with E-state index in [2.05, 4.69) is 25.1 Å². The maximum atomic E-state index is 11.1. The lowest BCUT2D eigenvalue weighted by atomic mass is 9.47. The molecule has 0 aromatic heterocycles. The van der Waals surface area contributed by atoms with E-state index in [4.69, 9.17) is 17.3 Å². The van der Waals surface area contributed by atoms with Gasteiger partial charge in [-0.1, -0.05) is 36.1 Å². The van der Waals surface area contributed by atoms with Crippen molar-refractivity contribution in [3.8, 4) is 0 Å². The van der Waals surface area contributed by atoms with Crippen LogP contribution in [0.3, 0.4) is 0 Å². The Labute approximate surface area is 182 Å². The van der Waals surface area contributed by atoms with Gasteiger partial charge in [0.2, 0.25) is 0 Å². The number of carbonyl (C=O) groups is 1. The molecule has 4 aliphatic carbocycles. The zero-order valence-electron chi connectivity index (χ0n) is 16.7. The molecule has 0 saturated heterocycles. The molecule has 0 heterocycles. The van der Waals surface area contributed by atoms with Crippen LogP contribution in [-0.4, -0.2) is 15.3 Å². The third kappa shape index (κ3) is 3.55. The monoisotopic (exact) mass is 422 g/mol. The van der Waals surface area contributed by atoms with Crippen molar-refractivity contribution in [3.63, 3.8) is 0 Å². The summed E-state index contributed by atoms with van der Waals surface area (Å²) in [5.74, 6) is 1.89. The highest BCUT2D eigenvalue weighted by Gasteiger charge is 2.51. The van der Waals surface area contributed by atoms with Gasteiger partial charge in [0.1, 0.15) is 0 Å². The van der Waals surface area contributed by atoms with Gasteiger partial charge < -0.3 is 5.11 Å². The lowest BCUT2D eigenvalue weighted by Gasteiger charge is -2.57. The smallest absolute Gasteiger partial charge is 0.335 e. The van der Waals surface area contributed by atoms with Crippen LogP contribution in [0.2, 0.25) is 0 Å². The fourth-order valence-electron chi connectivity index (χ4n) is 6.59. The average molecular weight is 423 g/mol. The number of thioether (sulfide) groups is 1. The van der Waals surface area contributed by atoms with Gasteiger partial charge in [0.25, 0.3) is 0 Å². The third-order valence-corrected chi connectivity index (χ3v) is 8.81. The van der Waals surface area contributed by atoms with E-state index in [0.29, 0.717) is 11.0 Å². The first kappa shape index (κ1) is 19.3. The molecule has 0 aliphatic heterocycles. The number of benzene rings is 2. The maximum Gasteiger partial charge on any atom is 0.335 e. The highest BCUT2D eigenvalue weighted by atomic mass is 32.2. The molecule has 6 rings (SSSR count). The molecule has 0 atom stereocenters. The van der Waals surface area contributed by atoms with Gasteiger partial charge >= 0.3 is 5.97 Å². The number of hydrogen-bond donors (Lipinski definition) is 1. The summed E-state index contributed by atoms with van der Waals surface area (Å²) in [7, 11) is 0. The van der Waals surface area contributed by atoms with Crippen molar-refractivity contribution in [2.24, 2.45) is 17.8 Å². The standard InChI is InChI=1S/C25H26O2S2/c1-15-2-3-20(24(28)29-21-6-4-19(5-7-21)23(26)27)11-22(15)25-12-16-8-17(13-25)10-18(9-16)14-25/h2-7,11,16-18H,8-10,12-14H2,1H3,(H,26,27). The molecule has 1 N–H and O–H groups in total. The van der Waals surface area contributed by atoms with Crippen LogP contribution in [-0.2, 0) is 5.41 Å². The number of rotatable bonds is 4. The molecule has 0 unspecified atom stereocenters. The first-order chi connectivity index (χ1) is 13.9. The van der Waals surface area contributed by atoms with Crippen LogP contribution in [0.15, 0.2) is 47.4 Å². The molecule has 2 nitrogen and oxygen atoms in total. The zero-order valence-corrected chi connectivity index (χ0v) is 18.3. The summed E-state index contributed by atoms with van der Waals surface area (Å²) >= 11 is 7.33. The van der Waals surface area contributed by atoms with Gasteiger partial charge in [-0.25, -0.2) is 4.79 Å². The Hall–Kier alpha value is -1.65. The molecule has 4 heteroatoms. The molecule has 29 heavy (non-hydrogen) atoms. The minimum atomic E-state index is -0.900. The van der Waals surface area contributed by atoms with Crippen LogP contribution < -0.4 is 0 Å². The van der Waals surface area contributed by atoms with Crippen LogP contribution >= 0.6 is 24.0 Å². The first-order valence-electron chi connectivity index (χ1n) is 10.6. The minimum absolute atomic E-state index is 0.305.